The van der Waals surface area contributed by atoms with Crippen LogP contribution in [0.15, 0.2) is 64.8 Å². The first kappa shape index (κ1) is 22.4. The number of allylic oxidation sites excluding steroid dienone is 1. The predicted molar refractivity (Wildman–Crippen MR) is 125 cm³/mol. The van der Waals surface area contributed by atoms with Crippen molar-refractivity contribution in [2.24, 2.45) is 0 Å². The highest BCUT2D eigenvalue weighted by molar-refractivity contribution is 9.10. The third kappa shape index (κ3) is 4.56. The minimum absolute atomic E-state index is 0.121. The van der Waals surface area contributed by atoms with Gasteiger partial charge < -0.3 is 23.7 Å². The van der Waals surface area contributed by atoms with Crippen LogP contribution in [-0.4, -0.2) is 33.1 Å². The number of rotatable bonds is 6. The Morgan fingerprint density at radius 2 is 1.58 bits per heavy atom. The van der Waals surface area contributed by atoms with Gasteiger partial charge in [0.15, 0.2) is 17.3 Å². The van der Waals surface area contributed by atoms with Gasteiger partial charge in [0.25, 0.3) is 0 Å². The van der Waals surface area contributed by atoms with Crippen LogP contribution in [0.1, 0.15) is 26.3 Å². The summed E-state index contributed by atoms with van der Waals surface area (Å²) in [7, 11) is 4.54. The molecule has 3 aromatic rings. The van der Waals surface area contributed by atoms with E-state index in [1.807, 2.05) is 0 Å². The number of hydrogen-bond donors (Lipinski definition) is 0. The molecule has 0 saturated carbocycles. The van der Waals surface area contributed by atoms with Gasteiger partial charge in [-0.3, -0.25) is 4.79 Å². The van der Waals surface area contributed by atoms with Crippen molar-refractivity contribution in [3.05, 3.63) is 81.5 Å². The Balaban J connectivity index is 1.58. The molecule has 1 aliphatic rings. The summed E-state index contributed by atoms with van der Waals surface area (Å²) >= 11 is 3.33. The lowest BCUT2D eigenvalue weighted by Gasteiger charge is -2.13. The Hall–Kier alpha value is -3.78. The summed E-state index contributed by atoms with van der Waals surface area (Å²) in [6.45, 7) is 0. The highest BCUT2D eigenvalue weighted by atomic mass is 79.9. The first-order valence-corrected chi connectivity index (χ1v) is 10.6. The van der Waals surface area contributed by atoms with Crippen LogP contribution in [0.3, 0.4) is 0 Å². The number of carbonyl (C=O) groups is 2. The number of methoxy groups -OCH3 is 3. The third-order valence-electron chi connectivity index (χ3n) is 4.92. The molecule has 0 aromatic heterocycles. The van der Waals surface area contributed by atoms with Crippen LogP contribution in [0.25, 0.3) is 6.08 Å². The van der Waals surface area contributed by atoms with E-state index in [2.05, 4.69) is 15.9 Å². The van der Waals surface area contributed by atoms with E-state index in [0.29, 0.717) is 39.7 Å². The normalized spacial score (nSPS) is 13.3. The molecule has 0 N–H and O–H groups in total. The number of Topliss-reactive ketones (excluding diaryl/α,β-unsaturated/α-hetero) is 1. The van der Waals surface area contributed by atoms with Gasteiger partial charge in [-0.15, -0.1) is 0 Å². The van der Waals surface area contributed by atoms with Gasteiger partial charge in [0.05, 0.1) is 32.5 Å². The molecule has 0 atom stereocenters. The molecule has 0 saturated heterocycles. The average molecular weight is 511 g/mol. The molecule has 0 aliphatic carbocycles. The fourth-order valence-electron chi connectivity index (χ4n) is 3.32. The maximum atomic E-state index is 12.8. The van der Waals surface area contributed by atoms with Crippen molar-refractivity contribution >= 4 is 33.8 Å². The molecule has 168 valence electrons. The van der Waals surface area contributed by atoms with Crippen molar-refractivity contribution in [2.45, 2.75) is 0 Å². The second-order valence-corrected chi connectivity index (χ2v) is 7.87. The summed E-state index contributed by atoms with van der Waals surface area (Å²) in [6, 6.07) is 14.9. The maximum Gasteiger partial charge on any atom is 0.343 e. The number of carbonyl (C=O) groups excluding carboxylic acids is 2. The molecular formula is C25H19BrO7. The fourth-order valence-corrected chi connectivity index (χ4v) is 3.58. The number of ether oxygens (including phenoxy) is 5. The Morgan fingerprint density at radius 3 is 2.18 bits per heavy atom. The minimum Gasteiger partial charge on any atom is -0.493 e. The van der Waals surface area contributed by atoms with Gasteiger partial charge in [0, 0.05) is 10.5 Å². The third-order valence-corrected chi connectivity index (χ3v) is 5.45. The summed E-state index contributed by atoms with van der Waals surface area (Å²) in [5.74, 6) is 1.24. The molecule has 0 fully saturated rings. The van der Waals surface area contributed by atoms with Gasteiger partial charge in [0.1, 0.15) is 11.5 Å². The Labute approximate surface area is 198 Å². The van der Waals surface area contributed by atoms with Gasteiger partial charge in [-0.25, -0.2) is 4.79 Å². The maximum absolute atomic E-state index is 12.8. The summed E-state index contributed by atoms with van der Waals surface area (Å²) in [4.78, 5) is 25.2. The van der Waals surface area contributed by atoms with Gasteiger partial charge in [-0.05, 0) is 60.2 Å². The van der Waals surface area contributed by atoms with E-state index in [0.717, 1.165) is 4.47 Å². The second kappa shape index (κ2) is 9.38. The predicted octanol–water partition coefficient (Wildman–Crippen LogP) is 5.31. The smallest absolute Gasteiger partial charge is 0.343 e. The summed E-state index contributed by atoms with van der Waals surface area (Å²) in [5, 5.41) is 0. The standard InChI is InChI=1S/C25H19BrO7/c1-29-21-11-14(12-22(30-2)24(21)31-3)10-20-23(27)18-9-8-17(13-19(18)33-20)32-25(28)15-4-6-16(26)7-5-15/h4-13H,1-3H3. The van der Waals surface area contributed by atoms with Crippen molar-refractivity contribution in [3.63, 3.8) is 0 Å². The van der Waals surface area contributed by atoms with E-state index < -0.39 is 5.97 Å². The molecule has 4 rings (SSSR count). The largest absolute Gasteiger partial charge is 0.493 e. The number of esters is 1. The van der Waals surface area contributed by atoms with Crippen LogP contribution in [0, 0.1) is 0 Å². The van der Waals surface area contributed by atoms with Crippen LogP contribution < -0.4 is 23.7 Å². The molecule has 1 aliphatic heterocycles. The van der Waals surface area contributed by atoms with E-state index in [1.165, 1.54) is 27.4 Å². The number of ketones is 1. The second-order valence-electron chi connectivity index (χ2n) is 6.95. The molecule has 0 spiro atoms. The van der Waals surface area contributed by atoms with Crippen molar-refractivity contribution in [1.29, 1.82) is 0 Å². The van der Waals surface area contributed by atoms with Crippen LogP contribution in [0.5, 0.6) is 28.7 Å². The highest BCUT2D eigenvalue weighted by Gasteiger charge is 2.28. The zero-order valence-corrected chi connectivity index (χ0v) is 19.6. The van der Waals surface area contributed by atoms with Crippen LogP contribution in [0.2, 0.25) is 0 Å². The lowest BCUT2D eigenvalue weighted by molar-refractivity contribution is 0.0734. The van der Waals surface area contributed by atoms with Crippen LogP contribution in [0.4, 0.5) is 0 Å². The molecule has 0 amide bonds. The number of halogens is 1. The fraction of sp³-hybridized carbons (Fsp3) is 0.120. The highest BCUT2D eigenvalue weighted by Crippen LogP contribution is 2.40. The molecular weight excluding hydrogens is 492 g/mol. The molecule has 0 unspecified atom stereocenters. The quantitative estimate of drug-likeness (QED) is 0.252. The molecule has 1 heterocycles. The van der Waals surface area contributed by atoms with Crippen molar-refractivity contribution in [1.82, 2.24) is 0 Å². The summed E-state index contributed by atoms with van der Waals surface area (Å²) < 4.78 is 28.1. The molecule has 7 nitrogen and oxygen atoms in total. The van der Waals surface area contributed by atoms with Crippen LogP contribution >= 0.6 is 15.9 Å². The molecule has 3 aromatic carbocycles. The molecule has 8 heteroatoms. The lowest BCUT2D eigenvalue weighted by atomic mass is 10.1. The van der Waals surface area contributed by atoms with Crippen LogP contribution in [-0.2, 0) is 0 Å². The molecule has 0 bridgehead atoms. The Bertz CT molecular complexity index is 1240. The lowest BCUT2D eigenvalue weighted by Crippen LogP contribution is -2.08. The van der Waals surface area contributed by atoms with Crippen molar-refractivity contribution in [3.8, 4) is 28.7 Å². The van der Waals surface area contributed by atoms with E-state index in [9.17, 15) is 9.59 Å². The first-order valence-electron chi connectivity index (χ1n) is 9.79. The first-order chi connectivity index (χ1) is 15.9. The van der Waals surface area contributed by atoms with Gasteiger partial charge in [0.2, 0.25) is 11.5 Å². The summed E-state index contributed by atoms with van der Waals surface area (Å²) in [6.07, 6.45) is 1.58. The zero-order valence-electron chi connectivity index (χ0n) is 18.0. The van der Waals surface area contributed by atoms with Gasteiger partial charge in [-0.1, -0.05) is 15.9 Å². The Morgan fingerprint density at radius 1 is 0.909 bits per heavy atom. The van der Waals surface area contributed by atoms with Gasteiger partial charge >= 0.3 is 5.97 Å². The van der Waals surface area contributed by atoms with E-state index >= 15 is 0 Å². The minimum atomic E-state index is -0.514. The Kier molecular flexibility index (Phi) is 6.37. The average Bonchev–Trinajstić information content (AvgIpc) is 3.12. The summed E-state index contributed by atoms with van der Waals surface area (Å²) in [5.41, 5.74) is 1.40. The SMILES string of the molecule is COc1cc(C=C2Oc3cc(OC(=O)c4ccc(Br)cc4)ccc3C2=O)cc(OC)c1OC. The van der Waals surface area contributed by atoms with E-state index in [1.54, 1.807) is 54.6 Å². The zero-order chi connectivity index (χ0) is 23.5. The van der Waals surface area contributed by atoms with E-state index in [-0.39, 0.29) is 17.3 Å². The molecule has 33 heavy (non-hydrogen) atoms. The van der Waals surface area contributed by atoms with Crippen molar-refractivity contribution < 1.29 is 33.3 Å². The topological polar surface area (TPSA) is 80.3 Å². The number of fused-ring (bicyclic) bond motifs is 1. The number of hydrogen-bond acceptors (Lipinski definition) is 7. The molecule has 0 radical (unpaired) electrons. The van der Waals surface area contributed by atoms with E-state index in [4.69, 9.17) is 23.7 Å². The van der Waals surface area contributed by atoms with Crippen molar-refractivity contribution in [2.75, 3.05) is 21.3 Å². The van der Waals surface area contributed by atoms with Gasteiger partial charge in [-0.2, -0.15) is 0 Å². The monoisotopic (exact) mass is 510 g/mol. The number of benzene rings is 3.